The summed E-state index contributed by atoms with van der Waals surface area (Å²) < 4.78 is 0. The molecule has 5 heteroatoms. The summed E-state index contributed by atoms with van der Waals surface area (Å²) in [4.78, 5) is 27.0. The SMILES string of the molecule is C=CCN(CCC)C(=O)N1CCC(C)(C(=O)O)CC1. The van der Waals surface area contributed by atoms with Crippen LogP contribution in [0.1, 0.15) is 33.1 Å². The Kier molecular flexibility index (Phi) is 5.39. The molecule has 108 valence electrons. The van der Waals surface area contributed by atoms with E-state index in [-0.39, 0.29) is 6.03 Å². The zero-order chi connectivity index (χ0) is 14.5. The molecule has 1 rings (SSSR count). The highest BCUT2D eigenvalue weighted by Gasteiger charge is 2.38. The van der Waals surface area contributed by atoms with Gasteiger partial charge in [-0.15, -0.1) is 6.58 Å². The van der Waals surface area contributed by atoms with Crippen LogP contribution < -0.4 is 0 Å². The van der Waals surface area contributed by atoms with Crippen LogP contribution in [-0.2, 0) is 4.79 Å². The average molecular weight is 268 g/mol. The molecule has 1 heterocycles. The van der Waals surface area contributed by atoms with Crippen molar-refractivity contribution in [2.75, 3.05) is 26.2 Å². The zero-order valence-electron chi connectivity index (χ0n) is 11.9. The number of aliphatic carboxylic acids is 1. The zero-order valence-corrected chi connectivity index (χ0v) is 11.9. The summed E-state index contributed by atoms with van der Waals surface area (Å²) >= 11 is 0. The summed E-state index contributed by atoms with van der Waals surface area (Å²) in [5.74, 6) is -0.767. The summed E-state index contributed by atoms with van der Waals surface area (Å²) in [6, 6.07) is -0.00538. The molecule has 1 aliphatic heterocycles. The van der Waals surface area contributed by atoms with Crippen molar-refractivity contribution in [1.29, 1.82) is 0 Å². The summed E-state index contributed by atoms with van der Waals surface area (Å²) in [7, 11) is 0. The summed E-state index contributed by atoms with van der Waals surface area (Å²) in [5, 5.41) is 9.17. The van der Waals surface area contributed by atoms with Crippen LogP contribution >= 0.6 is 0 Å². The summed E-state index contributed by atoms with van der Waals surface area (Å²) in [5.41, 5.74) is -0.690. The fraction of sp³-hybridized carbons (Fsp3) is 0.714. The third-order valence-electron chi connectivity index (χ3n) is 3.77. The van der Waals surface area contributed by atoms with Crippen LogP contribution in [0.3, 0.4) is 0 Å². The molecule has 5 nitrogen and oxygen atoms in total. The van der Waals surface area contributed by atoms with Gasteiger partial charge in [-0.1, -0.05) is 13.0 Å². The standard InChI is InChI=1S/C14H24N2O3/c1-4-8-15(9-5-2)13(19)16-10-6-14(3,7-11-16)12(17)18/h4H,1,5-11H2,2-3H3,(H,17,18). The third-order valence-corrected chi connectivity index (χ3v) is 3.77. The van der Waals surface area contributed by atoms with E-state index in [0.717, 1.165) is 6.42 Å². The van der Waals surface area contributed by atoms with E-state index < -0.39 is 11.4 Å². The van der Waals surface area contributed by atoms with E-state index in [1.165, 1.54) is 0 Å². The molecule has 0 saturated carbocycles. The minimum absolute atomic E-state index is 0.00538. The Hall–Kier alpha value is -1.52. The quantitative estimate of drug-likeness (QED) is 0.777. The van der Waals surface area contributed by atoms with E-state index >= 15 is 0 Å². The van der Waals surface area contributed by atoms with Crippen molar-refractivity contribution in [2.24, 2.45) is 5.41 Å². The fourth-order valence-corrected chi connectivity index (χ4v) is 2.30. The first-order valence-corrected chi connectivity index (χ1v) is 6.82. The lowest BCUT2D eigenvalue weighted by Crippen LogP contribution is -2.50. The Morgan fingerprint density at radius 3 is 2.42 bits per heavy atom. The monoisotopic (exact) mass is 268 g/mol. The number of carboxylic acid groups (broad SMARTS) is 1. The number of urea groups is 1. The molecule has 0 radical (unpaired) electrons. The van der Waals surface area contributed by atoms with Crippen LogP contribution in [0, 0.1) is 5.41 Å². The number of likely N-dealkylation sites (tertiary alicyclic amines) is 1. The van der Waals surface area contributed by atoms with E-state index in [0.29, 0.717) is 39.0 Å². The molecule has 2 amide bonds. The summed E-state index contributed by atoms with van der Waals surface area (Å²) in [6.07, 6.45) is 3.66. The lowest BCUT2D eigenvalue weighted by Gasteiger charge is -2.38. The Bertz CT molecular complexity index is 347. The maximum Gasteiger partial charge on any atom is 0.320 e. The van der Waals surface area contributed by atoms with Crippen molar-refractivity contribution in [3.8, 4) is 0 Å². The van der Waals surface area contributed by atoms with Gasteiger partial charge >= 0.3 is 12.0 Å². The van der Waals surface area contributed by atoms with Gasteiger partial charge in [-0.25, -0.2) is 4.79 Å². The third kappa shape index (κ3) is 3.72. The average Bonchev–Trinajstić information content (AvgIpc) is 2.38. The fourth-order valence-electron chi connectivity index (χ4n) is 2.30. The Labute approximate surface area is 114 Å². The number of hydrogen-bond acceptors (Lipinski definition) is 2. The Morgan fingerprint density at radius 1 is 1.42 bits per heavy atom. The number of carbonyl (C=O) groups excluding carboxylic acids is 1. The number of carbonyl (C=O) groups is 2. The first kappa shape index (κ1) is 15.5. The molecule has 0 unspecified atom stereocenters. The number of nitrogens with zero attached hydrogens (tertiary/aromatic N) is 2. The molecule has 0 aromatic rings. The molecule has 0 atom stereocenters. The van der Waals surface area contributed by atoms with E-state index in [1.807, 2.05) is 6.92 Å². The highest BCUT2D eigenvalue weighted by molar-refractivity contribution is 5.77. The maximum atomic E-state index is 12.3. The number of hydrogen-bond donors (Lipinski definition) is 1. The Balaban J connectivity index is 2.60. The molecule has 1 aliphatic rings. The van der Waals surface area contributed by atoms with Crippen LogP contribution in [0.5, 0.6) is 0 Å². The predicted molar refractivity (Wildman–Crippen MR) is 74.0 cm³/mol. The van der Waals surface area contributed by atoms with Gasteiger partial charge in [-0.05, 0) is 26.2 Å². The van der Waals surface area contributed by atoms with Crippen molar-refractivity contribution in [1.82, 2.24) is 9.80 Å². The minimum atomic E-state index is -0.767. The van der Waals surface area contributed by atoms with Crippen molar-refractivity contribution in [3.63, 3.8) is 0 Å². The van der Waals surface area contributed by atoms with Gasteiger partial charge in [0.15, 0.2) is 0 Å². The second-order valence-electron chi connectivity index (χ2n) is 5.37. The topological polar surface area (TPSA) is 60.9 Å². The molecular weight excluding hydrogens is 244 g/mol. The first-order chi connectivity index (χ1) is 8.94. The largest absolute Gasteiger partial charge is 0.481 e. The second-order valence-corrected chi connectivity index (χ2v) is 5.37. The minimum Gasteiger partial charge on any atom is -0.481 e. The number of carboxylic acids is 1. The molecule has 0 bridgehead atoms. The molecule has 1 saturated heterocycles. The molecule has 1 fully saturated rings. The first-order valence-electron chi connectivity index (χ1n) is 6.82. The lowest BCUT2D eigenvalue weighted by atomic mass is 9.80. The lowest BCUT2D eigenvalue weighted by molar-refractivity contribution is -0.150. The highest BCUT2D eigenvalue weighted by atomic mass is 16.4. The Morgan fingerprint density at radius 2 is 2.00 bits per heavy atom. The van der Waals surface area contributed by atoms with Crippen LogP contribution in [0.25, 0.3) is 0 Å². The molecule has 1 N–H and O–H groups in total. The van der Waals surface area contributed by atoms with Gasteiger partial charge in [0.1, 0.15) is 0 Å². The second kappa shape index (κ2) is 6.59. The molecular formula is C14H24N2O3. The van der Waals surface area contributed by atoms with Crippen molar-refractivity contribution < 1.29 is 14.7 Å². The van der Waals surface area contributed by atoms with Gasteiger partial charge < -0.3 is 14.9 Å². The van der Waals surface area contributed by atoms with E-state index in [1.54, 1.807) is 22.8 Å². The normalized spacial score (nSPS) is 17.9. The van der Waals surface area contributed by atoms with Gasteiger partial charge in [0.2, 0.25) is 0 Å². The van der Waals surface area contributed by atoms with E-state index in [2.05, 4.69) is 6.58 Å². The smallest absolute Gasteiger partial charge is 0.320 e. The van der Waals surface area contributed by atoms with Gasteiger partial charge in [-0.2, -0.15) is 0 Å². The summed E-state index contributed by atoms with van der Waals surface area (Å²) in [6.45, 7) is 9.72. The molecule has 0 spiro atoms. The highest BCUT2D eigenvalue weighted by Crippen LogP contribution is 2.31. The van der Waals surface area contributed by atoms with Crippen molar-refractivity contribution in [2.45, 2.75) is 33.1 Å². The van der Waals surface area contributed by atoms with E-state index in [9.17, 15) is 14.7 Å². The van der Waals surface area contributed by atoms with Crippen LogP contribution in [0.15, 0.2) is 12.7 Å². The van der Waals surface area contributed by atoms with Crippen molar-refractivity contribution >= 4 is 12.0 Å². The number of piperidine rings is 1. The van der Waals surface area contributed by atoms with Gasteiger partial charge in [0.05, 0.1) is 5.41 Å². The molecule has 0 aromatic carbocycles. The predicted octanol–water partition coefficient (Wildman–Crippen LogP) is 2.19. The molecule has 0 aliphatic carbocycles. The number of rotatable bonds is 5. The van der Waals surface area contributed by atoms with Crippen LogP contribution in [0.4, 0.5) is 4.79 Å². The van der Waals surface area contributed by atoms with E-state index in [4.69, 9.17) is 0 Å². The van der Waals surface area contributed by atoms with Gasteiger partial charge in [0.25, 0.3) is 0 Å². The van der Waals surface area contributed by atoms with Crippen LogP contribution in [0.2, 0.25) is 0 Å². The number of amides is 2. The molecule has 19 heavy (non-hydrogen) atoms. The van der Waals surface area contributed by atoms with Gasteiger partial charge in [0, 0.05) is 26.2 Å². The van der Waals surface area contributed by atoms with Gasteiger partial charge in [-0.3, -0.25) is 4.79 Å². The maximum absolute atomic E-state index is 12.3. The van der Waals surface area contributed by atoms with Crippen LogP contribution in [-0.4, -0.2) is 53.1 Å². The molecule has 0 aromatic heterocycles. The van der Waals surface area contributed by atoms with Crippen molar-refractivity contribution in [3.05, 3.63) is 12.7 Å².